The fourth-order valence-electron chi connectivity index (χ4n) is 3.72. The van der Waals surface area contributed by atoms with Crippen LogP contribution in [-0.2, 0) is 24.2 Å². The number of urea groups is 1. The molecule has 0 atom stereocenters. The summed E-state index contributed by atoms with van der Waals surface area (Å²) in [6, 6.07) is 9.90. The Morgan fingerprint density at radius 2 is 1.90 bits per heavy atom. The molecule has 0 aliphatic carbocycles. The predicted octanol–water partition coefficient (Wildman–Crippen LogP) is 1.65. The largest absolute Gasteiger partial charge is 0.378 e. The van der Waals surface area contributed by atoms with E-state index < -0.39 is 0 Å². The van der Waals surface area contributed by atoms with Gasteiger partial charge in [0.05, 0.1) is 25.5 Å². The number of rotatable bonds is 4. The molecule has 0 spiro atoms. The fraction of sp³-hybridized carbons (Fsp3) is 0.476. The number of nitrogens with zero attached hydrogens (tertiary/aromatic N) is 5. The van der Waals surface area contributed by atoms with E-state index in [1.54, 1.807) is 0 Å². The zero-order valence-electron chi connectivity index (χ0n) is 17.1. The van der Waals surface area contributed by atoms with Crippen LogP contribution in [0.5, 0.6) is 0 Å². The Hall–Kier alpha value is -2.87. The molecule has 0 unspecified atom stereocenters. The molecule has 1 aromatic carbocycles. The molecule has 2 aromatic rings. The summed E-state index contributed by atoms with van der Waals surface area (Å²) in [6.45, 7) is 4.71. The molecule has 1 aromatic heterocycles. The number of nitrogens with one attached hydrogen (secondary N) is 1. The van der Waals surface area contributed by atoms with Crippen LogP contribution in [0.4, 0.5) is 16.6 Å². The van der Waals surface area contributed by atoms with E-state index in [4.69, 9.17) is 14.7 Å². The summed E-state index contributed by atoms with van der Waals surface area (Å²) in [6.07, 6.45) is 0.731. The van der Waals surface area contributed by atoms with Crippen molar-refractivity contribution in [1.29, 1.82) is 0 Å². The van der Waals surface area contributed by atoms with Gasteiger partial charge in [0, 0.05) is 52.3 Å². The maximum Gasteiger partial charge on any atom is 0.317 e. The summed E-state index contributed by atoms with van der Waals surface area (Å²) < 4.78 is 5.45. The van der Waals surface area contributed by atoms with Gasteiger partial charge in [0.2, 0.25) is 5.95 Å². The number of hydrogen-bond acceptors (Lipinski definition) is 6. The van der Waals surface area contributed by atoms with Gasteiger partial charge in [0.15, 0.2) is 0 Å². The van der Waals surface area contributed by atoms with Crippen LogP contribution in [0, 0.1) is 0 Å². The lowest BCUT2D eigenvalue weighted by Crippen LogP contribution is -2.43. The molecule has 8 nitrogen and oxygen atoms in total. The van der Waals surface area contributed by atoms with E-state index in [1.165, 1.54) is 0 Å². The molecule has 8 heteroatoms. The second kappa shape index (κ2) is 8.65. The SMILES string of the molecule is CN(C)c1nc(N2CCOCC2)nc2c1CN(C(=O)NCc1ccccc1)CC2. The van der Waals surface area contributed by atoms with Crippen molar-refractivity contribution in [1.82, 2.24) is 20.2 Å². The Morgan fingerprint density at radius 3 is 2.62 bits per heavy atom. The van der Waals surface area contributed by atoms with Crippen molar-refractivity contribution in [2.24, 2.45) is 0 Å². The van der Waals surface area contributed by atoms with Gasteiger partial charge in [-0.05, 0) is 5.56 Å². The molecule has 4 rings (SSSR count). The van der Waals surface area contributed by atoms with Crippen LogP contribution in [0.25, 0.3) is 0 Å². The van der Waals surface area contributed by atoms with Crippen molar-refractivity contribution >= 4 is 17.8 Å². The van der Waals surface area contributed by atoms with Crippen LogP contribution < -0.4 is 15.1 Å². The minimum Gasteiger partial charge on any atom is -0.378 e. The van der Waals surface area contributed by atoms with Gasteiger partial charge in [0.1, 0.15) is 5.82 Å². The average molecular weight is 396 g/mol. The quantitative estimate of drug-likeness (QED) is 0.847. The topological polar surface area (TPSA) is 73.8 Å². The Balaban J connectivity index is 1.49. The molecule has 3 heterocycles. The highest BCUT2D eigenvalue weighted by atomic mass is 16.5. The minimum absolute atomic E-state index is 0.0542. The lowest BCUT2D eigenvalue weighted by Gasteiger charge is -2.33. The van der Waals surface area contributed by atoms with Gasteiger partial charge in [-0.1, -0.05) is 30.3 Å². The second-order valence-corrected chi connectivity index (χ2v) is 7.58. The van der Waals surface area contributed by atoms with Gasteiger partial charge in [-0.2, -0.15) is 4.98 Å². The normalized spacial score (nSPS) is 16.3. The first-order valence-corrected chi connectivity index (χ1v) is 10.1. The molecule has 0 saturated carbocycles. The van der Waals surface area contributed by atoms with Crippen molar-refractivity contribution in [3.8, 4) is 0 Å². The molecule has 1 saturated heterocycles. The smallest absolute Gasteiger partial charge is 0.317 e. The Kier molecular flexibility index (Phi) is 5.80. The highest BCUT2D eigenvalue weighted by Gasteiger charge is 2.27. The van der Waals surface area contributed by atoms with Crippen molar-refractivity contribution in [2.45, 2.75) is 19.5 Å². The van der Waals surface area contributed by atoms with Gasteiger partial charge >= 0.3 is 6.03 Å². The minimum atomic E-state index is -0.0542. The summed E-state index contributed by atoms with van der Waals surface area (Å²) in [5, 5.41) is 3.02. The molecule has 154 valence electrons. The number of hydrogen-bond donors (Lipinski definition) is 1. The van der Waals surface area contributed by atoms with Gasteiger partial charge < -0.3 is 24.8 Å². The summed E-state index contributed by atoms with van der Waals surface area (Å²) in [7, 11) is 3.97. The third kappa shape index (κ3) is 4.42. The van der Waals surface area contributed by atoms with E-state index >= 15 is 0 Å². The summed E-state index contributed by atoms with van der Waals surface area (Å²) in [4.78, 5) is 28.4. The molecular weight excluding hydrogens is 368 g/mol. The number of fused-ring (bicyclic) bond motifs is 1. The van der Waals surface area contributed by atoms with E-state index in [2.05, 4.69) is 10.2 Å². The van der Waals surface area contributed by atoms with Gasteiger partial charge in [-0.3, -0.25) is 0 Å². The molecule has 2 aliphatic heterocycles. The zero-order valence-corrected chi connectivity index (χ0v) is 17.1. The van der Waals surface area contributed by atoms with Crippen molar-refractivity contribution in [3.63, 3.8) is 0 Å². The highest BCUT2D eigenvalue weighted by Crippen LogP contribution is 2.28. The maximum atomic E-state index is 12.7. The molecule has 0 radical (unpaired) electrons. The van der Waals surface area contributed by atoms with E-state index in [0.29, 0.717) is 32.8 Å². The molecule has 2 aliphatic rings. The molecule has 29 heavy (non-hydrogen) atoms. The lowest BCUT2D eigenvalue weighted by molar-refractivity contribution is 0.122. The highest BCUT2D eigenvalue weighted by molar-refractivity contribution is 5.75. The molecule has 2 amide bonds. The zero-order chi connectivity index (χ0) is 20.2. The van der Waals surface area contributed by atoms with E-state index in [1.807, 2.05) is 54.2 Å². The molecule has 1 N–H and O–H groups in total. The number of carbonyl (C=O) groups excluding carboxylic acids is 1. The summed E-state index contributed by atoms with van der Waals surface area (Å²) >= 11 is 0. The molecular formula is C21H28N6O2. The fourth-order valence-corrected chi connectivity index (χ4v) is 3.72. The molecule has 0 bridgehead atoms. The summed E-state index contributed by atoms with van der Waals surface area (Å²) in [5.74, 6) is 1.65. The maximum absolute atomic E-state index is 12.7. The van der Waals surface area contributed by atoms with Crippen LogP contribution in [0.2, 0.25) is 0 Å². The third-order valence-electron chi connectivity index (χ3n) is 5.32. The lowest BCUT2D eigenvalue weighted by atomic mass is 10.1. The van der Waals surface area contributed by atoms with Crippen molar-refractivity contribution < 1.29 is 9.53 Å². The Labute approximate surface area is 171 Å². The van der Waals surface area contributed by atoms with E-state index in [0.717, 1.165) is 48.1 Å². The van der Waals surface area contributed by atoms with E-state index in [9.17, 15) is 4.79 Å². The van der Waals surface area contributed by atoms with Crippen LogP contribution in [0.15, 0.2) is 30.3 Å². The summed E-state index contributed by atoms with van der Waals surface area (Å²) in [5.41, 5.74) is 3.16. The van der Waals surface area contributed by atoms with Crippen LogP contribution >= 0.6 is 0 Å². The number of ether oxygens (including phenoxy) is 1. The van der Waals surface area contributed by atoms with Crippen molar-refractivity contribution in [3.05, 3.63) is 47.2 Å². The number of amides is 2. The van der Waals surface area contributed by atoms with Crippen LogP contribution in [-0.4, -0.2) is 67.8 Å². The number of carbonyl (C=O) groups is 1. The average Bonchev–Trinajstić information content (AvgIpc) is 2.77. The standard InChI is InChI=1S/C21H28N6O2/c1-25(2)19-17-15-27(21(28)22-14-16-6-4-3-5-7-16)9-8-18(17)23-20(24-19)26-10-12-29-13-11-26/h3-7H,8-15H2,1-2H3,(H,22,28). The number of benzene rings is 1. The number of morpholine rings is 1. The first-order valence-electron chi connectivity index (χ1n) is 10.1. The van der Waals surface area contributed by atoms with Gasteiger partial charge in [0.25, 0.3) is 0 Å². The van der Waals surface area contributed by atoms with E-state index in [-0.39, 0.29) is 6.03 Å². The molecule has 1 fully saturated rings. The Morgan fingerprint density at radius 1 is 1.14 bits per heavy atom. The number of anilines is 2. The monoisotopic (exact) mass is 396 g/mol. The van der Waals surface area contributed by atoms with Crippen LogP contribution in [0.3, 0.4) is 0 Å². The predicted molar refractivity (Wildman–Crippen MR) is 112 cm³/mol. The first-order chi connectivity index (χ1) is 14.1. The Bertz CT molecular complexity index is 852. The third-order valence-corrected chi connectivity index (χ3v) is 5.32. The van der Waals surface area contributed by atoms with Gasteiger partial charge in [-0.15, -0.1) is 0 Å². The second-order valence-electron chi connectivity index (χ2n) is 7.58. The van der Waals surface area contributed by atoms with Gasteiger partial charge in [-0.25, -0.2) is 9.78 Å². The van der Waals surface area contributed by atoms with Crippen molar-refractivity contribution in [2.75, 3.05) is 56.7 Å². The van der Waals surface area contributed by atoms with Crippen LogP contribution in [0.1, 0.15) is 16.8 Å². The number of aromatic nitrogens is 2. The first kappa shape index (κ1) is 19.4.